The highest BCUT2D eigenvalue weighted by Gasteiger charge is 2.14. The Kier molecular flexibility index (Phi) is 7.83. The maximum atomic E-state index is 8.32. The van der Waals surface area contributed by atoms with E-state index < -0.39 is 0 Å². The van der Waals surface area contributed by atoms with Gasteiger partial charge in [0.05, 0.1) is 19.1 Å². The van der Waals surface area contributed by atoms with Crippen LogP contribution >= 0.6 is 0 Å². The highest BCUT2D eigenvalue weighted by atomic mass is 16.7. The van der Waals surface area contributed by atoms with E-state index in [0.29, 0.717) is 26.2 Å². The molecule has 1 unspecified atom stereocenters. The van der Waals surface area contributed by atoms with E-state index in [1.165, 1.54) is 0 Å². The summed E-state index contributed by atoms with van der Waals surface area (Å²) in [6, 6.07) is 2.00. The molecule has 0 radical (unpaired) electrons. The van der Waals surface area contributed by atoms with Gasteiger partial charge in [-0.25, -0.2) is 6.57 Å². The zero-order chi connectivity index (χ0) is 10.8. The number of hydrogen-bond acceptors (Lipinski definition) is 3. The fourth-order valence-corrected chi connectivity index (χ4v) is 0.868. The number of nitriles is 1. The van der Waals surface area contributed by atoms with Crippen LogP contribution in [-0.2, 0) is 9.47 Å². The quantitative estimate of drug-likeness (QED) is 0.354. The first-order chi connectivity index (χ1) is 6.72. The standard InChI is InChI=1S/C10H16N2O2/c1-9(2)10(13-7-4-5-11)14-8-6-12-3/h9-10H,4,6-8H2,1-2H3. The lowest BCUT2D eigenvalue weighted by Gasteiger charge is -2.20. The molecule has 14 heavy (non-hydrogen) atoms. The maximum Gasteiger partial charge on any atom is 0.237 e. The summed E-state index contributed by atoms with van der Waals surface area (Å²) < 4.78 is 10.7. The molecule has 0 bridgehead atoms. The van der Waals surface area contributed by atoms with Gasteiger partial charge in [0, 0.05) is 5.92 Å². The Labute approximate surface area is 85.2 Å². The molecule has 4 nitrogen and oxygen atoms in total. The number of hydrogen-bond donors (Lipinski definition) is 0. The first kappa shape index (κ1) is 12.9. The van der Waals surface area contributed by atoms with Crippen molar-refractivity contribution in [3.05, 3.63) is 11.4 Å². The van der Waals surface area contributed by atoms with Gasteiger partial charge < -0.3 is 14.3 Å². The van der Waals surface area contributed by atoms with Gasteiger partial charge in [0.1, 0.15) is 6.61 Å². The van der Waals surface area contributed by atoms with Gasteiger partial charge >= 0.3 is 0 Å². The molecule has 0 amide bonds. The molecular weight excluding hydrogens is 180 g/mol. The second-order valence-corrected chi connectivity index (χ2v) is 3.14. The Hall–Kier alpha value is -1.10. The van der Waals surface area contributed by atoms with Crippen molar-refractivity contribution >= 4 is 0 Å². The van der Waals surface area contributed by atoms with Gasteiger partial charge in [-0.1, -0.05) is 13.8 Å². The van der Waals surface area contributed by atoms with Crippen molar-refractivity contribution < 1.29 is 9.47 Å². The molecular formula is C10H16N2O2. The van der Waals surface area contributed by atoms with E-state index in [9.17, 15) is 0 Å². The lowest BCUT2D eigenvalue weighted by molar-refractivity contribution is -0.162. The molecule has 1 atom stereocenters. The van der Waals surface area contributed by atoms with Gasteiger partial charge in [0.2, 0.25) is 6.54 Å². The highest BCUT2D eigenvalue weighted by Crippen LogP contribution is 2.08. The molecule has 0 aromatic heterocycles. The normalized spacial score (nSPS) is 12.1. The smallest absolute Gasteiger partial charge is 0.237 e. The molecule has 0 saturated carbocycles. The van der Waals surface area contributed by atoms with Gasteiger partial charge in [-0.2, -0.15) is 5.26 Å². The monoisotopic (exact) mass is 196 g/mol. The second kappa shape index (κ2) is 8.50. The van der Waals surface area contributed by atoms with Crippen molar-refractivity contribution in [2.75, 3.05) is 19.8 Å². The molecule has 0 aromatic rings. The van der Waals surface area contributed by atoms with Gasteiger partial charge in [-0.3, -0.25) is 0 Å². The molecule has 0 heterocycles. The van der Waals surface area contributed by atoms with Crippen molar-refractivity contribution in [1.29, 1.82) is 5.26 Å². The summed E-state index contributed by atoms with van der Waals surface area (Å²) in [5.74, 6) is 0.236. The number of rotatable bonds is 7. The van der Waals surface area contributed by atoms with Crippen LogP contribution in [0.3, 0.4) is 0 Å². The summed E-state index contributed by atoms with van der Waals surface area (Å²) in [5, 5.41) is 8.32. The van der Waals surface area contributed by atoms with E-state index in [0.717, 1.165) is 0 Å². The van der Waals surface area contributed by atoms with Crippen LogP contribution in [0.15, 0.2) is 0 Å². The first-order valence-corrected chi connectivity index (χ1v) is 4.65. The molecule has 0 N–H and O–H groups in total. The van der Waals surface area contributed by atoms with Crippen LogP contribution in [0.4, 0.5) is 0 Å². The predicted octanol–water partition coefficient (Wildman–Crippen LogP) is 1.83. The van der Waals surface area contributed by atoms with Crippen molar-refractivity contribution in [2.45, 2.75) is 26.6 Å². The van der Waals surface area contributed by atoms with Gasteiger partial charge in [-0.05, 0) is 0 Å². The van der Waals surface area contributed by atoms with Crippen LogP contribution in [0.1, 0.15) is 20.3 Å². The Morgan fingerprint density at radius 3 is 2.50 bits per heavy atom. The minimum Gasteiger partial charge on any atom is -0.351 e. The van der Waals surface area contributed by atoms with E-state index in [-0.39, 0.29) is 12.2 Å². The zero-order valence-electron chi connectivity index (χ0n) is 8.69. The lowest BCUT2D eigenvalue weighted by Crippen LogP contribution is -2.25. The summed E-state index contributed by atoms with van der Waals surface area (Å²) in [7, 11) is 0. The third-order valence-corrected chi connectivity index (χ3v) is 1.53. The van der Waals surface area contributed by atoms with Crippen molar-refractivity contribution in [2.24, 2.45) is 5.92 Å². The fraction of sp³-hybridized carbons (Fsp3) is 0.800. The maximum absolute atomic E-state index is 8.32. The van der Waals surface area contributed by atoms with Gasteiger partial charge in [0.15, 0.2) is 6.29 Å². The Morgan fingerprint density at radius 1 is 1.36 bits per heavy atom. The minimum absolute atomic E-state index is 0.236. The van der Waals surface area contributed by atoms with Crippen molar-refractivity contribution in [3.8, 4) is 6.07 Å². The molecule has 0 spiro atoms. The Morgan fingerprint density at radius 2 is 2.00 bits per heavy atom. The third-order valence-electron chi connectivity index (χ3n) is 1.53. The van der Waals surface area contributed by atoms with Gasteiger partial charge in [0.25, 0.3) is 0 Å². The van der Waals surface area contributed by atoms with Crippen LogP contribution < -0.4 is 0 Å². The molecule has 78 valence electrons. The highest BCUT2D eigenvalue weighted by molar-refractivity contribution is 4.68. The van der Waals surface area contributed by atoms with Crippen molar-refractivity contribution in [1.82, 2.24) is 0 Å². The Balaban J connectivity index is 3.68. The van der Waals surface area contributed by atoms with Crippen LogP contribution in [0.2, 0.25) is 0 Å². The van der Waals surface area contributed by atoms with E-state index in [4.69, 9.17) is 21.3 Å². The van der Waals surface area contributed by atoms with E-state index >= 15 is 0 Å². The molecule has 0 aliphatic heterocycles. The fourth-order valence-electron chi connectivity index (χ4n) is 0.868. The third kappa shape index (κ3) is 6.42. The SMILES string of the molecule is [C-]#[N+]CCOC(OCCC#N)C(C)C. The van der Waals surface area contributed by atoms with Crippen molar-refractivity contribution in [3.63, 3.8) is 0 Å². The van der Waals surface area contributed by atoms with Gasteiger partial charge in [-0.15, -0.1) is 0 Å². The average Bonchev–Trinajstić information content (AvgIpc) is 2.15. The molecule has 0 saturated heterocycles. The van der Waals surface area contributed by atoms with Crippen LogP contribution in [-0.4, -0.2) is 26.0 Å². The second-order valence-electron chi connectivity index (χ2n) is 3.14. The Bertz CT molecular complexity index is 195. The van der Waals surface area contributed by atoms with Crippen LogP contribution in [0, 0.1) is 23.8 Å². The summed E-state index contributed by atoms with van der Waals surface area (Å²) in [5.41, 5.74) is 0. The van der Waals surface area contributed by atoms with E-state index in [2.05, 4.69) is 4.85 Å². The largest absolute Gasteiger partial charge is 0.351 e. The molecule has 0 aliphatic rings. The van der Waals surface area contributed by atoms with Crippen LogP contribution in [0.25, 0.3) is 4.85 Å². The molecule has 0 rings (SSSR count). The molecule has 0 aromatic carbocycles. The summed E-state index contributed by atoms with van der Waals surface area (Å²) in [6.45, 7) is 11.7. The first-order valence-electron chi connectivity index (χ1n) is 4.65. The summed E-state index contributed by atoms with van der Waals surface area (Å²) in [6.07, 6.45) is 0.0696. The van der Waals surface area contributed by atoms with E-state index in [1.54, 1.807) is 0 Å². The minimum atomic E-state index is -0.301. The van der Waals surface area contributed by atoms with Crippen LogP contribution in [0.5, 0.6) is 0 Å². The molecule has 4 heteroatoms. The zero-order valence-corrected chi connectivity index (χ0v) is 8.69. The topological polar surface area (TPSA) is 46.6 Å². The molecule has 0 aliphatic carbocycles. The average molecular weight is 196 g/mol. The number of nitrogens with zero attached hydrogens (tertiary/aromatic N) is 2. The van der Waals surface area contributed by atoms with E-state index in [1.807, 2.05) is 19.9 Å². The summed E-state index contributed by atoms with van der Waals surface area (Å²) in [4.78, 5) is 3.18. The number of ether oxygens (including phenoxy) is 2. The predicted molar refractivity (Wildman–Crippen MR) is 52.2 cm³/mol. The lowest BCUT2D eigenvalue weighted by atomic mass is 10.2. The summed E-state index contributed by atoms with van der Waals surface area (Å²) >= 11 is 0. The molecule has 0 fully saturated rings.